The number of aromatic nitrogens is 2. The first-order valence-electron chi connectivity index (χ1n) is 8.31. The number of nitrogens with zero attached hydrogens (tertiary/aromatic N) is 4. The third-order valence-corrected chi connectivity index (χ3v) is 5.51. The Morgan fingerprint density at radius 2 is 2.11 bits per heavy atom. The lowest BCUT2D eigenvalue weighted by Gasteiger charge is -2.27. The Kier molecular flexibility index (Phi) is 4.38. The van der Waals surface area contributed by atoms with Crippen LogP contribution in [0.2, 0.25) is 0 Å². The summed E-state index contributed by atoms with van der Waals surface area (Å²) in [5.74, 6) is -1.19. The zero-order chi connectivity index (χ0) is 19.9. The zero-order valence-electron chi connectivity index (χ0n) is 14.8. The fourth-order valence-electron chi connectivity index (χ4n) is 3.25. The molecular weight excluding hydrogens is 384 g/mol. The number of pyridine rings is 1. The van der Waals surface area contributed by atoms with Crippen LogP contribution < -0.4 is 5.73 Å². The van der Waals surface area contributed by atoms with Crippen molar-refractivity contribution in [1.82, 2.24) is 14.9 Å². The normalized spacial score (nSPS) is 19.2. The zero-order valence-corrected chi connectivity index (χ0v) is 15.6. The molecule has 0 saturated carbocycles. The Morgan fingerprint density at radius 1 is 1.29 bits per heavy atom. The molecule has 1 atom stereocenters. The van der Waals surface area contributed by atoms with Gasteiger partial charge in [0.15, 0.2) is 11.5 Å². The van der Waals surface area contributed by atoms with Crippen molar-refractivity contribution in [3.63, 3.8) is 0 Å². The van der Waals surface area contributed by atoms with Gasteiger partial charge in [0.05, 0.1) is 16.1 Å². The highest BCUT2D eigenvalue weighted by atomic mass is 32.1. The van der Waals surface area contributed by atoms with Crippen LogP contribution in [0.4, 0.5) is 8.78 Å². The van der Waals surface area contributed by atoms with E-state index in [-0.39, 0.29) is 17.2 Å². The molecule has 0 aliphatic carbocycles. The van der Waals surface area contributed by atoms with Crippen LogP contribution in [0.3, 0.4) is 0 Å². The number of guanidine groups is 1. The topological polar surface area (TPSA) is 84.5 Å². The first-order chi connectivity index (χ1) is 13.5. The number of carbonyl (C=O) groups is 1. The first kappa shape index (κ1) is 18.2. The van der Waals surface area contributed by atoms with Gasteiger partial charge in [-0.15, -0.1) is 11.3 Å². The Bertz CT molecular complexity index is 1090. The minimum Gasteiger partial charge on any atom is -0.369 e. The van der Waals surface area contributed by atoms with Crippen LogP contribution in [0.5, 0.6) is 0 Å². The number of hydrogen-bond donors (Lipinski definition) is 1. The molecule has 1 amide bonds. The summed E-state index contributed by atoms with van der Waals surface area (Å²) in [5.41, 5.74) is 6.96. The number of likely N-dealkylation sites (N-methyl/N-ethyl adjacent to an activating group) is 1. The van der Waals surface area contributed by atoms with Gasteiger partial charge in [0.1, 0.15) is 12.5 Å². The van der Waals surface area contributed by atoms with Crippen LogP contribution in [0.15, 0.2) is 53.2 Å². The Hall–Kier alpha value is -3.20. The number of amides is 1. The maximum Gasteiger partial charge on any atom is 0.266 e. The lowest BCUT2D eigenvalue weighted by atomic mass is 9.82. The van der Waals surface area contributed by atoms with Gasteiger partial charge in [-0.25, -0.2) is 13.8 Å². The molecule has 1 unspecified atom stereocenters. The Labute approximate surface area is 163 Å². The average molecular weight is 399 g/mol. The van der Waals surface area contributed by atoms with E-state index >= 15 is 4.39 Å². The average Bonchev–Trinajstić information content (AvgIpc) is 3.32. The molecule has 142 valence electrons. The van der Waals surface area contributed by atoms with Crippen LogP contribution in [0, 0.1) is 5.82 Å². The number of hydrogen-bond acceptors (Lipinski definition) is 6. The fraction of sp³-hybridized carbons (Fsp3) is 0.158. The molecule has 4 rings (SSSR count). The van der Waals surface area contributed by atoms with Crippen molar-refractivity contribution < 1.29 is 13.6 Å². The van der Waals surface area contributed by atoms with Gasteiger partial charge in [-0.2, -0.15) is 0 Å². The second kappa shape index (κ2) is 6.75. The second-order valence-electron chi connectivity index (χ2n) is 6.27. The van der Waals surface area contributed by atoms with E-state index in [0.717, 1.165) is 9.78 Å². The van der Waals surface area contributed by atoms with E-state index < -0.39 is 23.9 Å². The molecule has 1 aromatic carbocycles. The molecule has 0 saturated heterocycles. The largest absolute Gasteiger partial charge is 0.369 e. The molecule has 6 nitrogen and oxygen atoms in total. The number of aliphatic imine (C=N–C) groups is 1. The maximum absolute atomic E-state index is 15.0. The summed E-state index contributed by atoms with van der Waals surface area (Å²) >= 11 is 1.39. The number of carbonyl (C=O) groups excluding carboxylic acids is 1. The molecule has 3 heterocycles. The molecule has 1 aliphatic rings. The molecule has 0 spiro atoms. The van der Waals surface area contributed by atoms with Crippen molar-refractivity contribution in [3.8, 4) is 10.4 Å². The molecule has 9 heteroatoms. The smallest absolute Gasteiger partial charge is 0.266 e. The molecule has 1 aliphatic heterocycles. The van der Waals surface area contributed by atoms with E-state index in [9.17, 15) is 9.18 Å². The predicted octanol–water partition coefficient (Wildman–Crippen LogP) is 2.84. The van der Waals surface area contributed by atoms with Crippen LogP contribution in [-0.2, 0) is 17.0 Å². The summed E-state index contributed by atoms with van der Waals surface area (Å²) in [5, 5.41) is 0. The highest BCUT2D eigenvalue weighted by Gasteiger charge is 2.51. The highest BCUT2D eigenvalue weighted by molar-refractivity contribution is 7.13. The number of halogens is 2. The van der Waals surface area contributed by atoms with Crippen LogP contribution >= 0.6 is 11.3 Å². The van der Waals surface area contributed by atoms with Crippen molar-refractivity contribution in [3.05, 3.63) is 70.9 Å². The standard InChI is InChI=1S/C19H15F2N5OS/c1-26-17(27)19(25-18(26)22,12-4-5-24-13(7-12)8-20)14-6-11(2-3-15(14)21)16-9-23-10-28-16/h2-7,9-10H,8H2,1H3,(H2,22,25). The van der Waals surface area contributed by atoms with E-state index in [1.54, 1.807) is 23.8 Å². The Morgan fingerprint density at radius 3 is 2.75 bits per heavy atom. The lowest BCUT2D eigenvalue weighted by molar-refractivity contribution is -0.129. The number of alkyl halides is 1. The lowest BCUT2D eigenvalue weighted by Crippen LogP contribution is -2.41. The molecule has 0 bridgehead atoms. The quantitative estimate of drug-likeness (QED) is 0.731. The summed E-state index contributed by atoms with van der Waals surface area (Å²) in [7, 11) is 1.46. The van der Waals surface area contributed by atoms with Crippen LogP contribution in [0.25, 0.3) is 10.4 Å². The van der Waals surface area contributed by atoms with Gasteiger partial charge in [0.25, 0.3) is 5.91 Å². The van der Waals surface area contributed by atoms with Crippen LogP contribution in [0.1, 0.15) is 16.8 Å². The van der Waals surface area contributed by atoms with E-state index in [1.807, 2.05) is 0 Å². The minimum atomic E-state index is -1.75. The molecule has 0 radical (unpaired) electrons. The van der Waals surface area contributed by atoms with E-state index in [4.69, 9.17) is 5.73 Å². The third kappa shape index (κ3) is 2.66. The van der Waals surface area contributed by atoms with Gasteiger partial charge in [0.2, 0.25) is 0 Å². The first-order valence-corrected chi connectivity index (χ1v) is 9.19. The predicted molar refractivity (Wildman–Crippen MR) is 102 cm³/mol. The molecule has 2 aromatic heterocycles. The van der Waals surface area contributed by atoms with E-state index in [0.29, 0.717) is 11.1 Å². The highest BCUT2D eigenvalue weighted by Crippen LogP contribution is 2.42. The summed E-state index contributed by atoms with van der Waals surface area (Å²) in [6.45, 7) is -0.823. The molecular formula is C19H15F2N5OS. The minimum absolute atomic E-state index is 0.0340. The van der Waals surface area contributed by atoms with Gasteiger partial charge in [-0.3, -0.25) is 19.7 Å². The second-order valence-corrected chi connectivity index (χ2v) is 7.16. The van der Waals surface area contributed by atoms with Gasteiger partial charge >= 0.3 is 0 Å². The van der Waals surface area contributed by atoms with Crippen molar-refractivity contribution in [2.75, 3.05) is 7.05 Å². The van der Waals surface area contributed by atoms with Crippen molar-refractivity contribution in [2.24, 2.45) is 10.7 Å². The SMILES string of the molecule is CN1C(=O)C(c2ccnc(CF)c2)(c2cc(-c3cncs3)ccc2F)N=C1N. The number of benzene rings is 1. The molecule has 2 N–H and O–H groups in total. The summed E-state index contributed by atoms with van der Waals surface area (Å²) in [6, 6.07) is 7.38. The Balaban J connectivity index is 2.01. The number of thiazole rings is 1. The summed E-state index contributed by atoms with van der Waals surface area (Å²) in [6.07, 6.45) is 3.02. The van der Waals surface area contributed by atoms with Crippen molar-refractivity contribution in [2.45, 2.75) is 12.2 Å². The maximum atomic E-state index is 15.0. The van der Waals surface area contributed by atoms with E-state index in [1.165, 1.54) is 42.8 Å². The summed E-state index contributed by atoms with van der Waals surface area (Å²) in [4.78, 5) is 27.5. The number of rotatable bonds is 4. The van der Waals surface area contributed by atoms with Gasteiger partial charge < -0.3 is 5.73 Å². The van der Waals surface area contributed by atoms with Gasteiger partial charge in [-0.05, 0) is 35.4 Å². The molecule has 3 aromatic rings. The van der Waals surface area contributed by atoms with Gasteiger partial charge in [-0.1, -0.05) is 6.07 Å². The molecule has 0 fully saturated rings. The van der Waals surface area contributed by atoms with Gasteiger partial charge in [0, 0.05) is 25.0 Å². The van der Waals surface area contributed by atoms with Crippen LogP contribution in [-0.4, -0.2) is 33.8 Å². The van der Waals surface area contributed by atoms with E-state index in [2.05, 4.69) is 15.0 Å². The summed E-state index contributed by atoms with van der Waals surface area (Å²) < 4.78 is 28.2. The molecule has 28 heavy (non-hydrogen) atoms. The monoisotopic (exact) mass is 399 g/mol. The fourth-order valence-corrected chi connectivity index (χ4v) is 3.87. The third-order valence-electron chi connectivity index (χ3n) is 4.68. The number of nitrogens with two attached hydrogens (primary N) is 1. The van der Waals surface area contributed by atoms with Crippen molar-refractivity contribution in [1.29, 1.82) is 0 Å². The van der Waals surface area contributed by atoms with Crippen molar-refractivity contribution >= 4 is 23.2 Å².